The second kappa shape index (κ2) is 8.53. The molecule has 1 N–H and O–H groups in total. The molecule has 2 aromatic carbocycles. The van der Waals surface area contributed by atoms with E-state index in [-0.39, 0.29) is 18.6 Å². The van der Waals surface area contributed by atoms with Gasteiger partial charge in [-0.2, -0.15) is 0 Å². The molecule has 0 atom stereocenters. The van der Waals surface area contributed by atoms with Crippen LogP contribution in [0.15, 0.2) is 42.5 Å². The number of hydrogen-bond donors (Lipinski definition) is 1. The highest BCUT2D eigenvalue weighted by atomic mass is 35.5. The van der Waals surface area contributed by atoms with E-state index in [2.05, 4.69) is 5.32 Å². The zero-order valence-corrected chi connectivity index (χ0v) is 15.1. The van der Waals surface area contributed by atoms with Gasteiger partial charge < -0.3 is 14.8 Å². The molecule has 0 heterocycles. The predicted octanol–water partition coefficient (Wildman–Crippen LogP) is 4.23. The molecule has 0 saturated heterocycles. The summed E-state index contributed by atoms with van der Waals surface area (Å²) in [4.78, 5) is 23.7. The van der Waals surface area contributed by atoms with E-state index in [0.717, 1.165) is 5.56 Å². The number of esters is 1. The Morgan fingerprint density at radius 3 is 2.40 bits per heavy atom. The van der Waals surface area contributed by atoms with E-state index in [1.807, 2.05) is 6.92 Å². The van der Waals surface area contributed by atoms with Gasteiger partial charge in [0.1, 0.15) is 5.75 Å². The Kier molecular flexibility index (Phi) is 6.42. The van der Waals surface area contributed by atoms with Crippen LogP contribution < -0.4 is 10.1 Å². The lowest BCUT2D eigenvalue weighted by Crippen LogP contribution is -2.18. The van der Waals surface area contributed by atoms with Gasteiger partial charge in [-0.3, -0.25) is 4.79 Å². The van der Waals surface area contributed by atoms with Gasteiger partial charge in [-0.25, -0.2) is 4.79 Å². The van der Waals surface area contributed by atoms with Gasteiger partial charge in [0.15, 0.2) is 6.61 Å². The van der Waals surface area contributed by atoms with E-state index in [4.69, 9.17) is 21.1 Å². The Balaban J connectivity index is 1.94. The van der Waals surface area contributed by atoms with E-state index >= 15 is 0 Å². The predicted molar refractivity (Wildman–Crippen MR) is 97.3 cm³/mol. The van der Waals surface area contributed by atoms with Gasteiger partial charge in [0.2, 0.25) is 0 Å². The summed E-state index contributed by atoms with van der Waals surface area (Å²) in [6, 6.07) is 11.8. The van der Waals surface area contributed by atoms with Crippen LogP contribution in [0.3, 0.4) is 0 Å². The summed E-state index contributed by atoms with van der Waals surface area (Å²) in [7, 11) is 0. The van der Waals surface area contributed by atoms with Gasteiger partial charge in [-0.05, 0) is 68.8 Å². The van der Waals surface area contributed by atoms with Crippen molar-refractivity contribution in [2.75, 3.05) is 11.9 Å². The van der Waals surface area contributed by atoms with Crippen molar-refractivity contribution in [1.82, 2.24) is 0 Å². The first-order chi connectivity index (χ1) is 11.8. The standard InChI is InChI=1S/C19H20ClNO4/c1-12(2)25-18(22)11-24-16-7-4-14(5-8-16)19(23)21-17-9-6-15(20)10-13(17)3/h4-10,12H,11H2,1-3H3,(H,21,23). The Labute approximate surface area is 151 Å². The minimum absolute atomic E-state index is 0.173. The average molecular weight is 362 g/mol. The van der Waals surface area contributed by atoms with E-state index in [9.17, 15) is 9.59 Å². The van der Waals surface area contributed by atoms with Crippen LogP contribution in [-0.2, 0) is 9.53 Å². The van der Waals surface area contributed by atoms with Gasteiger partial charge in [0.05, 0.1) is 6.10 Å². The molecule has 5 nitrogen and oxygen atoms in total. The van der Waals surface area contributed by atoms with Crippen LogP contribution in [0.2, 0.25) is 5.02 Å². The third-order valence-electron chi connectivity index (χ3n) is 3.28. The van der Waals surface area contributed by atoms with Crippen molar-refractivity contribution in [3.63, 3.8) is 0 Å². The molecular formula is C19H20ClNO4. The van der Waals surface area contributed by atoms with E-state index in [1.54, 1.807) is 56.3 Å². The smallest absolute Gasteiger partial charge is 0.344 e. The van der Waals surface area contributed by atoms with Crippen molar-refractivity contribution < 1.29 is 19.1 Å². The molecule has 0 aliphatic heterocycles. The summed E-state index contributed by atoms with van der Waals surface area (Å²) < 4.78 is 10.3. The minimum Gasteiger partial charge on any atom is -0.482 e. The fraction of sp³-hybridized carbons (Fsp3) is 0.263. The van der Waals surface area contributed by atoms with Crippen LogP contribution in [0, 0.1) is 6.92 Å². The lowest BCUT2D eigenvalue weighted by atomic mass is 10.1. The Bertz CT molecular complexity index is 757. The molecule has 0 aliphatic carbocycles. The Morgan fingerprint density at radius 2 is 1.80 bits per heavy atom. The maximum atomic E-state index is 12.3. The van der Waals surface area contributed by atoms with Gasteiger partial charge in [-0.1, -0.05) is 11.6 Å². The van der Waals surface area contributed by atoms with Gasteiger partial charge in [-0.15, -0.1) is 0 Å². The summed E-state index contributed by atoms with van der Waals surface area (Å²) in [6.45, 7) is 5.24. The maximum Gasteiger partial charge on any atom is 0.344 e. The number of nitrogens with one attached hydrogen (secondary N) is 1. The molecule has 0 bridgehead atoms. The molecule has 1 amide bonds. The second-order valence-electron chi connectivity index (χ2n) is 5.77. The van der Waals surface area contributed by atoms with Crippen LogP contribution in [-0.4, -0.2) is 24.6 Å². The molecule has 0 spiro atoms. The fourth-order valence-corrected chi connectivity index (χ4v) is 2.33. The molecule has 132 valence electrons. The summed E-state index contributed by atoms with van der Waals surface area (Å²) >= 11 is 5.91. The lowest BCUT2D eigenvalue weighted by Gasteiger charge is -2.10. The number of carbonyl (C=O) groups excluding carboxylic acids is 2. The molecule has 0 saturated carbocycles. The highest BCUT2D eigenvalue weighted by molar-refractivity contribution is 6.30. The Hall–Kier alpha value is -2.53. The minimum atomic E-state index is -0.435. The van der Waals surface area contributed by atoms with E-state index in [1.165, 1.54) is 0 Å². The van der Waals surface area contributed by atoms with Crippen LogP contribution in [0.1, 0.15) is 29.8 Å². The normalized spacial score (nSPS) is 10.4. The van der Waals surface area contributed by atoms with Gasteiger partial charge in [0, 0.05) is 16.3 Å². The summed E-state index contributed by atoms with van der Waals surface area (Å²) in [5.74, 6) is -0.189. The topological polar surface area (TPSA) is 64.6 Å². The highest BCUT2D eigenvalue weighted by Crippen LogP contribution is 2.21. The van der Waals surface area contributed by atoms with Crippen molar-refractivity contribution in [2.24, 2.45) is 0 Å². The molecule has 6 heteroatoms. The molecule has 0 radical (unpaired) electrons. The number of amides is 1. The number of hydrogen-bond acceptors (Lipinski definition) is 4. The number of rotatable bonds is 6. The maximum absolute atomic E-state index is 12.3. The Morgan fingerprint density at radius 1 is 1.12 bits per heavy atom. The molecule has 25 heavy (non-hydrogen) atoms. The van der Waals surface area contributed by atoms with Gasteiger partial charge >= 0.3 is 5.97 Å². The SMILES string of the molecule is Cc1cc(Cl)ccc1NC(=O)c1ccc(OCC(=O)OC(C)C)cc1. The first-order valence-electron chi connectivity index (χ1n) is 7.85. The van der Waals surface area contributed by atoms with Crippen LogP contribution in [0.5, 0.6) is 5.75 Å². The highest BCUT2D eigenvalue weighted by Gasteiger charge is 2.10. The zero-order valence-electron chi connectivity index (χ0n) is 14.3. The van der Waals surface area contributed by atoms with Crippen molar-refractivity contribution in [2.45, 2.75) is 26.9 Å². The molecule has 2 rings (SSSR count). The molecule has 0 aromatic heterocycles. The quantitative estimate of drug-likeness (QED) is 0.782. The molecule has 2 aromatic rings. The molecular weight excluding hydrogens is 342 g/mol. The summed E-state index contributed by atoms with van der Waals surface area (Å²) in [5.41, 5.74) is 2.06. The summed E-state index contributed by atoms with van der Waals surface area (Å²) in [5, 5.41) is 3.45. The monoisotopic (exact) mass is 361 g/mol. The van der Waals surface area contributed by atoms with E-state index in [0.29, 0.717) is 22.0 Å². The number of aryl methyl sites for hydroxylation is 1. The molecule has 0 unspecified atom stereocenters. The average Bonchev–Trinajstić information content (AvgIpc) is 2.55. The lowest BCUT2D eigenvalue weighted by molar-refractivity contribution is -0.149. The number of carbonyl (C=O) groups is 2. The molecule has 0 aliphatic rings. The first-order valence-corrected chi connectivity index (χ1v) is 8.23. The van der Waals surface area contributed by atoms with Crippen LogP contribution >= 0.6 is 11.6 Å². The van der Waals surface area contributed by atoms with Crippen molar-refractivity contribution in [3.05, 3.63) is 58.6 Å². The van der Waals surface area contributed by atoms with Crippen LogP contribution in [0.4, 0.5) is 5.69 Å². The van der Waals surface area contributed by atoms with Crippen molar-refractivity contribution in [1.29, 1.82) is 0 Å². The third kappa shape index (κ3) is 5.80. The van der Waals surface area contributed by atoms with E-state index < -0.39 is 5.97 Å². The number of benzene rings is 2. The molecule has 0 fully saturated rings. The number of ether oxygens (including phenoxy) is 2. The van der Waals surface area contributed by atoms with Gasteiger partial charge in [0.25, 0.3) is 5.91 Å². The fourth-order valence-electron chi connectivity index (χ4n) is 2.10. The van der Waals surface area contributed by atoms with Crippen molar-refractivity contribution in [3.8, 4) is 5.75 Å². The first kappa shape index (κ1) is 18.8. The largest absolute Gasteiger partial charge is 0.482 e. The number of halogens is 1. The third-order valence-corrected chi connectivity index (χ3v) is 3.51. The zero-order chi connectivity index (χ0) is 18.4. The summed E-state index contributed by atoms with van der Waals surface area (Å²) in [6.07, 6.45) is -0.182. The number of anilines is 1. The van der Waals surface area contributed by atoms with Crippen LogP contribution in [0.25, 0.3) is 0 Å². The second-order valence-corrected chi connectivity index (χ2v) is 6.20. The van der Waals surface area contributed by atoms with Crippen molar-refractivity contribution >= 4 is 29.2 Å².